The highest BCUT2D eigenvalue weighted by atomic mass is 16.5. The number of methoxy groups -OCH3 is 2. The number of benzene rings is 4. The summed E-state index contributed by atoms with van der Waals surface area (Å²) in [5.74, 6) is -0.965. The van der Waals surface area contributed by atoms with Gasteiger partial charge in [-0.1, -0.05) is 97.1 Å². The molecule has 1 aliphatic carbocycles. The fraction of sp³-hybridized carbons (Fsp3) is 0.188. The van der Waals surface area contributed by atoms with Gasteiger partial charge in [0.15, 0.2) is 0 Å². The second kappa shape index (κ2) is 10.7. The summed E-state index contributed by atoms with van der Waals surface area (Å²) in [5, 5.41) is 0. The second-order valence-electron chi connectivity index (χ2n) is 9.10. The lowest BCUT2D eigenvalue weighted by atomic mass is 9.88. The third-order valence-electron chi connectivity index (χ3n) is 7.01. The summed E-state index contributed by atoms with van der Waals surface area (Å²) in [5.41, 5.74) is 7.72. The fourth-order valence-electron chi connectivity index (χ4n) is 5.32. The molecule has 2 atom stereocenters. The van der Waals surface area contributed by atoms with E-state index in [1.165, 1.54) is 30.9 Å². The first-order chi connectivity index (χ1) is 18.1. The first-order valence-corrected chi connectivity index (χ1v) is 12.3. The van der Waals surface area contributed by atoms with Gasteiger partial charge in [0, 0.05) is 18.2 Å². The molecule has 5 nitrogen and oxygen atoms in total. The number of hydrogen-bond donors (Lipinski definition) is 0. The standard InChI is InChI=1S/C32H29NO4/c1-36-29(34)20-28(32(35)37-2)33(21-22-12-5-3-6-13-22)27-19-11-18-26-24-16-9-10-17-25(24)30(31(26)27)23-14-7-4-8-15-23/h3-19,28,30H,20-21H2,1-2H3. The maximum atomic E-state index is 13.2. The molecule has 0 heterocycles. The summed E-state index contributed by atoms with van der Waals surface area (Å²) >= 11 is 0. The van der Waals surface area contributed by atoms with Crippen molar-refractivity contribution in [2.24, 2.45) is 0 Å². The highest BCUT2D eigenvalue weighted by Crippen LogP contribution is 2.52. The largest absolute Gasteiger partial charge is 0.469 e. The van der Waals surface area contributed by atoms with Crippen LogP contribution in [0.25, 0.3) is 11.1 Å². The zero-order valence-electron chi connectivity index (χ0n) is 21.0. The third-order valence-corrected chi connectivity index (χ3v) is 7.01. The van der Waals surface area contributed by atoms with Gasteiger partial charge < -0.3 is 14.4 Å². The van der Waals surface area contributed by atoms with Crippen LogP contribution in [0.15, 0.2) is 103 Å². The summed E-state index contributed by atoms with van der Waals surface area (Å²) in [7, 11) is 2.69. The molecule has 0 saturated heterocycles. The predicted octanol–water partition coefficient (Wildman–Crippen LogP) is 5.96. The molecule has 5 rings (SSSR count). The van der Waals surface area contributed by atoms with Crippen molar-refractivity contribution in [3.8, 4) is 11.1 Å². The number of hydrogen-bond acceptors (Lipinski definition) is 5. The van der Waals surface area contributed by atoms with Crippen molar-refractivity contribution in [1.29, 1.82) is 0 Å². The van der Waals surface area contributed by atoms with Crippen LogP contribution in [0.4, 0.5) is 5.69 Å². The maximum Gasteiger partial charge on any atom is 0.329 e. The van der Waals surface area contributed by atoms with Crippen molar-refractivity contribution in [1.82, 2.24) is 0 Å². The minimum atomic E-state index is -0.857. The Morgan fingerprint density at radius 1 is 0.757 bits per heavy atom. The number of carbonyl (C=O) groups excluding carboxylic acids is 2. The van der Waals surface area contributed by atoms with E-state index >= 15 is 0 Å². The molecule has 0 saturated carbocycles. The summed E-state index contributed by atoms with van der Waals surface area (Å²) in [6, 6.07) is 34.1. The van der Waals surface area contributed by atoms with E-state index in [1.807, 2.05) is 53.4 Å². The summed E-state index contributed by atoms with van der Waals surface area (Å²) in [4.78, 5) is 27.6. The Morgan fingerprint density at radius 3 is 2.11 bits per heavy atom. The van der Waals surface area contributed by atoms with Crippen LogP contribution in [0.1, 0.15) is 34.6 Å². The fourth-order valence-corrected chi connectivity index (χ4v) is 5.32. The Hall–Kier alpha value is -4.38. The van der Waals surface area contributed by atoms with Crippen molar-refractivity contribution in [2.45, 2.75) is 24.9 Å². The molecule has 0 spiro atoms. The van der Waals surface area contributed by atoms with Crippen LogP contribution in [0.2, 0.25) is 0 Å². The molecule has 186 valence electrons. The monoisotopic (exact) mass is 491 g/mol. The third kappa shape index (κ3) is 4.73. The lowest BCUT2D eigenvalue weighted by Crippen LogP contribution is -2.44. The van der Waals surface area contributed by atoms with Gasteiger partial charge in [0.25, 0.3) is 0 Å². The van der Waals surface area contributed by atoms with Crippen LogP contribution in [-0.4, -0.2) is 32.2 Å². The van der Waals surface area contributed by atoms with E-state index in [1.54, 1.807) is 0 Å². The van der Waals surface area contributed by atoms with Crippen LogP contribution < -0.4 is 4.90 Å². The van der Waals surface area contributed by atoms with Gasteiger partial charge in [0.1, 0.15) is 6.04 Å². The van der Waals surface area contributed by atoms with Crippen LogP contribution in [-0.2, 0) is 25.6 Å². The minimum absolute atomic E-state index is 0.0155. The van der Waals surface area contributed by atoms with Gasteiger partial charge in [0.2, 0.25) is 0 Å². The number of fused-ring (bicyclic) bond motifs is 3. The Balaban J connectivity index is 1.72. The molecule has 0 bridgehead atoms. The van der Waals surface area contributed by atoms with Crippen molar-refractivity contribution in [3.63, 3.8) is 0 Å². The average Bonchev–Trinajstić information content (AvgIpc) is 3.30. The van der Waals surface area contributed by atoms with Crippen LogP contribution in [0.3, 0.4) is 0 Å². The first-order valence-electron chi connectivity index (χ1n) is 12.3. The Kier molecular flexibility index (Phi) is 7.04. The molecule has 0 N–H and O–H groups in total. The normalized spacial score (nSPS) is 14.3. The molecule has 2 unspecified atom stereocenters. The van der Waals surface area contributed by atoms with Gasteiger partial charge in [-0.3, -0.25) is 4.79 Å². The van der Waals surface area contributed by atoms with Gasteiger partial charge in [-0.25, -0.2) is 4.79 Å². The Labute approximate surface area is 217 Å². The summed E-state index contributed by atoms with van der Waals surface area (Å²) in [6.45, 7) is 0.423. The number of rotatable bonds is 8. The van der Waals surface area contributed by atoms with Crippen LogP contribution in [0, 0.1) is 0 Å². The molecule has 1 aliphatic rings. The molecular weight excluding hydrogens is 462 g/mol. The van der Waals surface area contributed by atoms with Gasteiger partial charge in [-0.2, -0.15) is 0 Å². The smallest absolute Gasteiger partial charge is 0.329 e. The SMILES string of the molecule is COC(=O)CC(C(=O)OC)N(Cc1ccccc1)c1cccc2c1C(c1ccccc1)c1ccccc1-2. The molecule has 5 heteroatoms. The highest BCUT2D eigenvalue weighted by Gasteiger charge is 2.37. The van der Waals surface area contributed by atoms with E-state index in [4.69, 9.17) is 9.47 Å². The average molecular weight is 492 g/mol. The van der Waals surface area contributed by atoms with Crippen LogP contribution >= 0.6 is 0 Å². The molecule has 4 aromatic carbocycles. The van der Waals surface area contributed by atoms with Crippen molar-refractivity contribution in [3.05, 3.63) is 125 Å². The molecule has 4 aromatic rings. The van der Waals surface area contributed by atoms with Gasteiger partial charge >= 0.3 is 11.9 Å². The minimum Gasteiger partial charge on any atom is -0.469 e. The highest BCUT2D eigenvalue weighted by molar-refractivity contribution is 5.90. The van der Waals surface area contributed by atoms with Crippen LogP contribution in [0.5, 0.6) is 0 Å². The lowest BCUT2D eigenvalue weighted by molar-refractivity contribution is -0.148. The predicted molar refractivity (Wildman–Crippen MR) is 144 cm³/mol. The van der Waals surface area contributed by atoms with Crippen molar-refractivity contribution < 1.29 is 19.1 Å². The van der Waals surface area contributed by atoms with Gasteiger partial charge in [-0.15, -0.1) is 0 Å². The lowest BCUT2D eigenvalue weighted by Gasteiger charge is -2.34. The summed E-state index contributed by atoms with van der Waals surface area (Å²) in [6.07, 6.45) is -0.122. The number of carbonyl (C=O) groups is 2. The van der Waals surface area contributed by atoms with Crippen molar-refractivity contribution >= 4 is 17.6 Å². The molecule has 0 aromatic heterocycles. The molecule has 37 heavy (non-hydrogen) atoms. The van der Waals surface area contributed by atoms with E-state index in [0.717, 1.165) is 22.4 Å². The van der Waals surface area contributed by atoms with Crippen molar-refractivity contribution in [2.75, 3.05) is 19.1 Å². The van der Waals surface area contributed by atoms with E-state index in [9.17, 15) is 9.59 Å². The molecule has 0 fully saturated rings. The Bertz CT molecular complexity index is 1400. The van der Waals surface area contributed by atoms with E-state index in [2.05, 4.69) is 54.6 Å². The second-order valence-corrected chi connectivity index (χ2v) is 9.10. The van der Waals surface area contributed by atoms with E-state index in [-0.39, 0.29) is 12.3 Å². The zero-order valence-corrected chi connectivity index (χ0v) is 21.0. The first kappa shape index (κ1) is 24.3. The number of anilines is 1. The quantitative estimate of drug-likeness (QED) is 0.251. The maximum absolute atomic E-state index is 13.2. The number of nitrogens with zero attached hydrogens (tertiary/aromatic N) is 1. The summed E-state index contributed by atoms with van der Waals surface area (Å²) < 4.78 is 10.2. The van der Waals surface area contributed by atoms with Gasteiger partial charge in [0.05, 0.1) is 20.6 Å². The molecule has 0 aliphatic heterocycles. The zero-order chi connectivity index (χ0) is 25.8. The number of ether oxygens (including phenoxy) is 2. The topological polar surface area (TPSA) is 55.8 Å². The molecule has 0 radical (unpaired) electrons. The van der Waals surface area contributed by atoms with Gasteiger partial charge in [-0.05, 0) is 39.4 Å². The van der Waals surface area contributed by atoms with E-state index < -0.39 is 18.0 Å². The molecule has 0 amide bonds. The Morgan fingerprint density at radius 2 is 1.41 bits per heavy atom. The molecular formula is C32H29NO4. The van der Waals surface area contributed by atoms with E-state index in [0.29, 0.717) is 6.54 Å². The number of esters is 2.